The summed E-state index contributed by atoms with van der Waals surface area (Å²) in [6, 6.07) is 4.25. The van der Waals surface area contributed by atoms with Gasteiger partial charge in [0.05, 0.1) is 0 Å². The lowest BCUT2D eigenvalue weighted by Crippen LogP contribution is -2.06. The molecular formula is C19H21IN4. The van der Waals surface area contributed by atoms with E-state index in [9.17, 15) is 0 Å². The van der Waals surface area contributed by atoms with Crippen LogP contribution in [0.25, 0.3) is 0 Å². The third-order valence-electron chi connectivity index (χ3n) is 3.92. The molecule has 1 heterocycles. The van der Waals surface area contributed by atoms with E-state index < -0.39 is 0 Å². The Morgan fingerprint density at radius 1 is 1.00 bits per heavy atom. The molecule has 5 heteroatoms. The Kier molecular flexibility index (Phi) is 5.18. The van der Waals surface area contributed by atoms with E-state index in [4.69, 9.17) is 0 Å². The highest BCUT2D eigenvalue weighted by Gasteiger charge is 2.08. The molecule has 24 heavy (non-hydrogen) atoms. The van der Waals surface area contributed by atoms with E-state index >= 15 is 0 Å². The van der Waals surface area contributed by atoms with Gasteiger partial charge in [-0.25, -0.2) is 4.98 Å². The number of aromatic nitrogens is 2. The topological polar surface area (TPSA) is 49.8 Å². The first-order valence-corrected chi connectivity index (χ1v) is 9.12. The highest BCUT2D eigenvalue weighted by Crippen LogP contribution is 2.24. The molecule has 0 bridgehead atoms. The van der Waals surface area contributed by atoms with E-state index in [1.165, 1.54) is 14.7 Å². The van der Waals surface area contributed by atoms with Crippen LogP contribution in [0, 0.1) is 24.3 Å². The second kappa shape index (κ2) is 7.34. The van der Waals surface area contributed by atoms with Gasteiger partial charge in [0.1, 0.15) is 5.82 Å². The molecule has 0 spiro atoms. The van der Waals surface area contributed by atoms with E-state index in [1.807, 2.05) is 13.1 Å². The van der Waals surface area contributed by atoms with Crippen LogP contribution < -0.4 is 10.6 Å². The van der Waals surface area contributed by atoms with Crippen molar-refractivity contribution in [3.63, 3.8) is 0 Å². The van der Waals surface area contributed by atoms with Crippen LogP contribution >= 0.6 is 22.6 Å². The molecule has 3 rings (SSSR count). The van der Waals surface area contributed by atoms with Crippen molar-refractivity contribution in [2.24, 2.45) is 0 Å². The Bertz CT molecular complexity index is 801. The third-order valence-corrected chi connectivity index (χ3v) is 5.62. The van der Waals surface area contributed by atoms with Crippen molar-refractivity contribution in [1.29, 1.82) is 0 Å². The molecule has 0 fully saturated rings. The molecule has 4 nitrogen and oxygen atoms in total. The Morgan fingerprint density at radius 3 is 2.42 bits per heavy atom. The second-order valence-corrected chi connectivity index (χ2v) is 7.12. The first-order valence-electron chi connectivity index (χ1n) is 8.04. The minimum absolute atomic E-state index is 0.600. The van der Waals surface area contributed by atoms with Gasteiger partial charge in [-0.1, -0.05) is 12.2 Å². The van der Waals surface area contributed by atoms with Crippen LogP contribution in [0.1, 0.15) is 29.5 Å². The first kappa shape index (κ1) is 17.0. The van der Waals surface area contributed by atoms with E-state index in [0.717, 1.165) is 35.6 Å². The summed E-state index contributed by atoms with van der Waals surface area (Å²) in [4.78, 5) is 9.04. The quantitative estimate of drug-likeness (QED) is 0.636. The number of hydrogen-bond donors (Lipinski definition) is 2. The van der Waals surface area contributed by atoms with Crippen LogP contribution in [-0.4, -0.2) is 9.97 Å². The Hall–Kier alpha value is -1.89. The van der Waals surface area contributed by atoms with E-state index in [0.29, 0.717) is 5.95 Å². The number of nitrogens with one attached hydrogen (secondary N) is 2. The predicted octanol–water partition coefficient (Wildman–Crippen LogP) is 5.40. The molecule has 0 atom stereocenters. The van der Waals surface area contributed by atoms with Crippen molar-refractivity contribution in [2.75, 3.05) is 10.6 Å². The maximum absolute atomic E-state index is 4.63. The maximum atomic E-state index is 4.63. The number of anilines is 3. The normalized spacial score (nSPS) is 13.6. The van der Waals surface area contributed by atoms with Crippen molar-refractivity contribution < 1.29 is 0 Å². The van der Waals surface area contributed by atoms with Crippen molar-refractivity contribution in [1.82, 2.24) is 9.97 Å². The maximum Gasteiger partial charge on any atom is 0.229 e. The van der Waals surface area contributed by atoms with Crippen LogP contribution in [0.2, 0.25) is 0 Å². The van der Waals surface area contributed by atoms with Gasteiger partial charge in [0.2, 0.25) is 5.95 Å². The molecule has 0 radical (unpaired) electrons. The molecule has 1 aliphatic carbocycles. The summed E-state index contributed by atoms with van der Waals surface area (Å²) in [5.41, 5.74) is 5.63. The SMILES string of the molecule is Cc1cnc(Nc2cc(C)c(I)c(C)c2)nc1NC1=CCCC=C1. The van der Waals surface area contributed by atoms with Crippen LogP contribution in [0.4, 0.5) is 17.5 Å². The molecule has 124 valence electrons. The predicted molar refractivity (Wildman–Crippen MR) is 109 cm³/mol. The Balaban J connectivity index is 1.83. The minimum atomic E-state index is 0.600. The zero-order chi connectivity index (χ0) is 17.1. The highest BCUT2D eigenvalue weighted by molar-refractivity contribution is 14.1. The molecule has 0 amide bonds. The number of hydrogen-bond acceptors (Lipinski definition) is 4. The fraction of sp³-hybridized carbons (Fsp3) is 0.263. The summed E-state index contributed by atoms with van der Waals surface area (Å²) in [6.45, 7) is 6.24. The fourth-order valence-electron chi connectivity index (χ4n) is 2.62. The second-order valence-electron chi connectivity index (χ2n) is 6.04. The Labute approximate surface area is 156 Å². The van der Waals surface area contributed by atoms with Gasteiger partial charge in [-0.2, -0.15) is 4.98 Å². The molecule has 1 aromatic heterocycles. The molecule has 0 aliphatic heterocycles. The van der Waals surface area contributed by atoms with Crippen molar-refractivity contribution in [2.45, 2.75) is 33.6 Å². The average Bonchev–Trinajstić information content (AvgIpc) is 2.56. The minimum Gasteiger partial charge on any atom is -0.340 e. The number of allylic oxidation sites excluding steroid dienone is 3. The number of aryl methyl sites for hydroxylation is 3. The average molecular weight is 432 g/mol. The number of benzene rings is 1. The standard InChI is InChI=1S/C19H21IN4/c1-12-9-16(10-13(2)17(12)20)23-19-21-11-14(3)18(24-19)22-15-7-5-4-6-8-15/h5,7-11H,4,6H2,1-3H3,(H2,21,22,23,24). The fourth-order valence-corrected chi connectivity index (χ4v) is 2.93. The summed E-state index contributed by atoms with van der Waals surface area (Å²) in [5, 5.41) is 6.70. The number of rotatable bonds is 4. The molecule has 0 saturated heterocycles. The van der Waals surface area contributed by atoms with Crippen LogP contribution in [-0.2, 0) is 0 Å². The van der Waals surface area contributed by atoms with Gasteiger partial charge in [-0.05, 0) is 85.5 Å². The van der Waals surface area contributed by atoms with E-state index in [-0.39, 0.29) is 0 Å². The van der Waals surface area contributed by atoms with Crippen molar-refractivity contribution >= 4 is 40.0 Å². The van der Waals surface area contributed by atoms with Gasteiger partial charge >= 0.3 is 0 Å². The number of nitrogens with zero attached hydrogens (tertiary/aromatic N) is 2. The Morgan fingerprint density at radius 2 is 1.75 bits per heavy atom. The first-order chi connectivity index (χ1) is 11.5. The van der Waals surface area contributed by atoms with E-state index in [1.54, 1.807) is 0 Å². The lowest BCUT2D eigenvalue weighted by molar-refractivity contribution is 1.01. The summed E-state index contributed by atoms with van der Waals surface area (Å²) >= 11 is 2.38. The molecule has 2 aromatic rings. The summed E-state index contributed by atoms with van der Waals surface area (Å²) < 4.78 is 1.29. The zero-order valence-corrected chi connectivity index (χ0v) is 16.3. The number of halogens is 1. The van der Waals surface area contributed by atoms with Crippen molar-refractivity contribution in [3.8, 4) is 0 Å². The molecular weight excluding hydrogens is 411 g/mol. The molecule has 2 N–H and O–H groups in total. The van der Waals surface area contributed by atoms with Crippen LogP contribution in [0.15, 0.2) is 42.3 Å². The molecule has 1 aliphatic rings. The molecule has 1 aromatic carbocycles. The monoisotopic (exact) mass is 432 g/mol. The third kappa shape index (κ3) is 3.95. The van der Waals surface area contributed by atoms with Gasteiger partial charge in [-0.15, -0.1) is 0 Å². The lowest BCUT2D eigenvalue weighted by atomic mass is 10.1. The van der Waals surface area contributed by atoms with Gasteiger partial charge < -0.3 is 10.6 Å². The largest absolute Gasteiger partial charge is 0.340 e. The van der Waals surface area contributed by atoms with Crippen molar-refractivity contribution in [3.05, 3.63) is 62.5 Å². The van der Waals surface area contributed by atoms with Gasteiger partial charge in [-0.3, -0.25) is 0 Å². The molecule has 0 saturated carbocycles. The smallest absolute Gasteiger partial charge is 0.229 e. The van der Waals surface area contributed by atoms with Crippen LogP contribution in [0.3, 0.4) is 0 Å². The van der Waals surface area contributed by atoms with Gasteiger partial charge in [0.25, 0.3) is 0 Å². The van der Waals surface area contributed by atoms with Crippen LogP contribution in [0.5, 0.6) is 0 Å². The summed E-state index contributed by atoms with van der Waals surface area (Å²) in [6.07, 6.45) is 10.5. The summed E-state index contributed by atoms with van der Waals surface area (Å²) in [5.74, 6) is 1.44. The lowest BCUT2D eigenvalue weighted by Gasteiger charge is -2.14. The van der Waals surface area contributed by atoms with E-state index in [2.05, 4.69) is 87.4 Å². The zero-order valence-electron chi connectivity index (χ0n) is 14.2. The highest BCUT2D eigenvalue weighted by atomic mass is 127. The molecule has 0 unspecified atom stereocenters. The van der Waals surface area contributed by atoms with Gasteiger partial charge in [0.15, 0.2) is 0 Å². The van der Waals surface area contributed by atoms with Gasteiger partial charge in [0, 0.05) is 26.7 Å². The summed E-state index contributed by atoms with van der Waals surface area (Å²) in [7, 11) is 0.